The van der Waals surface area contributed by atoms with Crippen LogP contribution in [0.5, 0.6) is 0 Å². The first-order valence-electron chi connectivity index (χ1n) is 14.9. The van der Waals surface area contributed by atoms with Crippen LogP contribution in [0, 0.1) is 11.3 Å². The third-order valence-electron chi connectivity index (χ3n) is 8.72. The van der Waals surface area contributed by atoms with Gasteiger partial charge in [-0.25, -0.2) is 0 Å². The van der Waals surface area contributed by atoms with E-state index in [0.717, 1.165) is 55.2 Å². The number of amides is 1. The lowest BCUT2D eigenvalue weighted by Crippen LogP contribution is -2.36. The van der Waals surface area contributed by atoms with Crippen molar-refractivity contribution in [2.45, 2.75) is 31.1 Å². The van der Waals surface area contributed by atoms with Crippen LogP contribution in [0.25, 0.3) is 10.8 Å². The van der Waals surface area contributed by atoms with Crippen LogP contribution in [-0.4, -0.2) is 63.0 Å². The summed E-state index contributed by atoms with van der Waals surface area (Å²) in [6.07, 6.45) is 3.14. The molecule has 1 aliphatic heterocycles. The molecular formula is C36H38Cl2N4O. The van der Waals surface area contributed by atoms with E-state index >= 15 is 0 Å². The quantitative estimate of drug-likeness (QED) is 0.191. The number of carbonyl (C=O) groups is 1. The van der Waals surface area contributed by atoms with Crippen LogP contribution < -0.4 is 4.90 Å². The van der Waals surface area contributed by atoms with Crippen molar-refractivity contribution in [1.82, 2.24) is 9.80 Å². The second-order valence-electron chi connectivity index (χ2n) is 11.8. The van der Waals surface area contributed by atoms with E-state index < -0.39 is 0 Å². The highest BCUT2D eigenvalue weighted by Crippen LogP contribution is 2.35. The van der Waals surface area contributed by atoms with E-state index in [1.165, 1.54) is 11.3 Å². The molecule has 0 spiro atoms. The summed E-state index contributed by atoms with van der Waals surface area (Å²) < 4.78 is 0. The molecule has 1 fully saturated rings. The van der Waals surface area contributed by atoms with Gasteiger partial charge in [0.25, 0.3) is 5.91 Å². The lowest BCUT2D eigenvalue weighted by atomic mass is 9.87. The van der Waals surface area contributed by atoms with Crippen LogP contribution in [0.4, 0.5) is 5.69 Å². The zero-order valence-corrected chi connectivity index (χ0v) is 26.6. The molecule has 1 saturated heterocycles. The second kappa shape index (κ2) is 13.8. The zero-order valence-electron chi connectivity index (χ0n) is 25.1. The SMILES string of the molecule is CN(CC(CCN1CCC(c2ccccc2N(C)C)CC1)c1ccc(Cl)c(Cl)c1)C(=O)c1cc(C#N)cc2ccccc12. The molecule has 0 radical (unpaired) electrons. The summed E-state index contributed by atoms with van der Waals surface area (Å²) in [5, 5.41) is 12.4. The molecule has 222 valence electrons. The van der Waals surface area contributed by atoms with Gasteiger partial charge in [-0.2, -0.15) is 5.26 Å². The highest BCUT2D eigenvalue weighted by Gasteiger charge is 2.26. The molecule has 5 rings (SSSR count). The summed E-state index contributed by atoms with van der Waals surface area (Å²) in [5.74, 6) is 0.531. The number of nitriles is 1. The summed E-state index contributed by atoms with van der Waals surface area (Å²) >= 11 is 12.7. The van der Waals surface area contributed by atoms with Gasteiger partial charge in [-0.1, -0.05) is 71.7 Å². The number of nitrogens with zero attached hydrogens (tertiary/aromatic N) is 4. The van der Waals surface area contributed by atoms with Crippen LogP contribution in [0.15, 0.2) is 78.9 Å². The number of likely N-dealkylation sites (tertiary alicyclic amines) is 1. The molecule has 0 aliphatic carbocycles. The molecule has 4 aromatic carbocycles. The fraction of sp³-hybridized carbons (Fsp3) is 0.333. The molecule has 0 saturated carbocycles. The van der Waals surface area contributed by atoms with Gasteiger partial charge in [0, 0.05) is 44.9 Å². The van der Waals surface area contributed by atoms with E-state index in [0.29, 0.717) is 33.6 Å². The molecule has 0 N–H and O–H groups in total. The molecular weight excluding hydrogens is 575 g/mol. The van der Waals surface area contributed by atoms with E-state index in [-0.39, 0.29) is 11.8 Å². The molecule has 1 atom stereocenters. The van der Waals surface area contributed by atoms with Crippen molar-refractivity contribution in [3.63, 3.8) is 0 Å². The van der Waals surface area contributed by atoms with Gasteiger partial charge in [0.15, 0.2) is 0 Å². The number of benzene rings is 4. The van der Waals surface area contributed by atoms with Crippen LogP contribution >= 0.6 is 23.2 Å². The van der Waals surface area contributed by atoms with Crippen molar-refractivity contribution >= 4 is 45.6 Å². The summed E-state index contributed by atoms with van der Waals surface area (Å²) in [5.41, 5.74) is 4.84. The average molecular weight is 614 g/mol. The van der Waals surface area contributed by atoms with E-state index in [2.05, 4.69) is 54.2 Å². The highest BCUT2D eigenvalue weighted by atomic mass is 35.5. The van der Waals surface area contributed by atoms with E-state index in [4.69, 9.17) is 23.2 Å². The number of anilines is 1. The minimum atomic E-state index is -0.0984. The third-order valence-corrected chi connectivity index (χ3v) is 9.46. The van der Waals surface area contributed by atoms with Crippen molar-refractivity contribution in [3.8, 4) is 6.07 Å². The molecule has 4 aromatic rings. The number of rotatable bonds is 9. The first kappa shape index (κ1) is 30.9. The van der Waals surface area contributed by atoms with Crippen molar-refractivity contribution in [2.75, 3.05) is 52.2 Å². The number of para-hydroxylation sites is 1. The van der Waals surface area contributed by atoms with Gasteiger partial charge in [-0.05, 0) is 97.0 Å². The largest absolute Gasteiger partial charge is 0.377 e. The number of piperidine rings is 1. The van der Waals surface area contributed by atoms with E-state index in [1.807, 2.05) is 55.6 Å². The normalized spacial score (nSPS) is 14.8. The molecule has 1 heterocycles. The van der Waals surface area contributed by atoms with Crippen molar-refractivity contribution in [1.29, 1.82) is 5.26 Å². The van der Waals surface area contributed by atoms with Crippen molar-refractivity contribution in [2.24, 2.45) is 0 Å². The van der Waals surface area contributed by atoms with Gasteiger partial charge in [0.2, 0.25) is 0 Å². The number of carbonyl (C=O) groups excluding carboxylic acids is 1. The summed E-state index contributed by atoms with van der Waals surface area (Å²) in [7, 11) is 6.07. The van der Waals surface area contributed by atoms with Crippen LogP contribution in [0.3, 0.4) is 0 Å². The number of fused-ring (bicyclic) bond motifs is 1. The lowest BCUT2D eigenvalue weighted by Gasteiger charge is -2.35. The van der Waals surface area contributed by atoms with Gasteiger partial charge in [-0.3, -0.25) is 4.79 Å². The number of halogens is 2. The van der Waals surface area contributed by atoms with E-state index in [1.54, 1.807) is 11.0 Å². The average Bonchev–Trinajstić information content (AvgIpc) is 3.03. The summed E-state index contributed by atoms with van der Waals surface area (Å²) in [4.78, 5) is 20.4. The molecule has 7 heteroatoms. The Hall–Kier alpha value is -3.56. The number of likely N-dealkylation sites (N-methyl/N-ethyl adjacent to an activating group) is 1. The topological polar surface area (TPSA) is 50.6 Å². The van der Waals surface area contributed by atoms with Crippen LogP contribution in [0.1, 0.15) is 58.1 Å². The first-order valence-corrected chi connectivity index (χ1v) is 15.6. The maximum absolute atomic E-state index is 13.8. The number of hydrogen-bond donors (Lipinski definition) is 0. The lowest BCUT2D eigenvalue weighted by molar-refractivity contribution is 0.0783. The standard InChI is InChI=1S/C36H38Cl2N4O/c1-40(2)35-11-7-6-10-31(35)26-14-17-42(18-15-26)19-16-29(27-12-13-33(37)34(38)22-27)24-41(3)36(43)32-21-25(23-39)20-28-8-4-5-9-30(28)32/h4-13,20-22,26,29H,14-19,24H2,1-3H3. The molecule has 43 heavy (non-hydrogen) atoms. The van der Waals surface area contributed by atoms with E-state index in [9.17, 15) is 10.1 Å². The molecule has 1 unspecified atom stereocenters. The Kier molecular flexibility index (Phi) is 9.93. The maximum Gasteiger partial charge on any atom is 0.254 e. The monoisotopic (exact) mass is 612 g/mol. The Labute approximate surface area is 265 Å². The van der Waals surface area contributed by atoms with Gasteiger partial charge in [0.1, 0.15) is 0 Å². The Morgan fingerprint density at radius 2 is 1.67 bits per heavy atom. The molecule has 5 nitrogen and oxygen atoms in total. The van der Waals surface area contributed by atoms with Crippen LogP contribution in [-0.2, 0) is 0 Å². The second-order valence-corrected chi connectivity index (χ2v) is 12.6. The van der Waals surface area contributed by atoms with Gasteiger partial charge in [0.05, 0.1) is 21.7 Å². The highest BCUT2D eigenvalue weighted by molar-refractivity contribution is 6.42. The molecule has 0 bridgehead atoms. The van der Waals surface area contributed by atoms with Gasteiger partial charge in [-0.15, -0.1) is 0 Å². The predicted molar refractivity (Wildman–Crippen MR) is 179 cm³/mol. The fourth-order valence-electron chi connectivity index (χ4n) is 6.35. The van der Waals surface area contributed by atoms with Crippen molar-refractivity contribution < 1.29 is 4.79 Å². The minimum Gasteiger partial charge on any atom is -0.377 e. The predicted octanol–water partition coefficient (Wildman–Crippen LogP) is 8.21. The molecule has 1 aliphatic rings. The summed E-state index contributed by atoms with van der Waals surface area (Å²) in [6, 6.07) is 28.0. The fourth-order valence-corrected chi connectivity index (χ4v) is 6.65. The Bertz CT molecular complexity index is 1640. The number of hydrogen-bond acceptors (Lipinski definition) is 4. The Balaban J connectivity index is 1.30. The smallest absolute Gasteiger partial charge is 0.254 e. The van der Waals surface area contributed by atoms with Gasteiger partial charge >= 0.3 is 0 Å². The molecule has 1 amide bonds. The maximum atomic E-state index is 13.8. The zero-order chi connectivity index (χ0) is 30.5. The third kappa shape index (κ3) is 7.16. The Morgan fingerprint density at radius 1 is 0.953 bits per heavy atom. The van der Waals surface area contributed by atoms with Gasteiger partial charge < -0.3 is 14.7 Å². The minimum absolute atomic E-state index is 0.0707. The Morgan fingerprint density at radius 3 is 2.40 bits per heavy atom. The van der Waals surface area contributed by atoms with Crippen molar-refractivity contribution in [3.05, 3.63) is 111 Å². The molecule has 0 aromatic heterocycles. The van der Waals surface area contributed by atoms with Crippen LogP contribution in [0.2, 0.25) is 10.0 Å². The summed E-state index contributed by atoms with van der Waals surface area (Å²) in [6.45, 7) is 3.54. The first-order chi connectivity index (χ1) is 20.7.